The molecule has 2 N–H and O–H groups in total. The van der Waals surface area contributed by atoms with Gasteiger partial charge in [-0.1, -0.05) is 0 Å². The molecule has 6 heterocycles. The number of aliphatic hydroxyl groups is 1. The summed E-state index contributed by atoms with van der Waals surface area (Å²) in [6.07, 6.45) is 0.914. The van der Waals surface area contributed by atoms with E-state index >= 15 is 0 Å². The summed E-state index contributed by atoms with van der Waals surface area (Å²) in [5.74, 6) is 0.935. The minimum absolute atomic E-state index is 0.146. The molecule has 10 nitrogen and oxygen atoms in total. The van der Waals surface area contributed by atoms with Crippen LogP contribution in [0.2, 0.25) is 0 Å². The summed E-state index contributed by atoms with van der Waals surface area (Å²) in [7, 11) is 0. The molecule has 37 heavy (non-hydrogen) atoms. The van der Waals surface area contributed by atoms with E-state index in [1.54, 1.807) is 24.3 Å². The third-order valence-electron chi connectivity index (χ3n) is 6.31. The molecule has 188 valence electrons. The second kappa shape index (κ2) is 8.55. The van der Waals surface area contributed by atoms with E-state index < -0.39 is 29.9 Å². The standard InChI is InChI=1S/C24H18F3N7O3/c25-24(26,27)15-5-14(7-28-8-15)16-1-2-17-22(31-16)34(18-10-33(17)11-19(18)35)23(36)32-21-6-13(3-4-30-21)20-9-29-12-37-20/h1-9,12,18-19,35H,10-11H2,(H,30,32,36)/t18-,19-/m1/s1. The van der Waals surface area contributed by atoms with Crippen molar-refractivity contribution in [1.82, 2.24) is 19.9 Å². The summed E-state index contributed by atoms with van der Waals surface area (Å²) in [5.41, 5.74) is 0.669. The predicted octanol–water partition coefficient (Wildman–Crippen LogP) is 3.81. The normalized spacial score (nSPS) is 18.6. The van der Waals surface area contributed by atoms with Gasteiger partial charge in [0.05, 0.1) is 35.3 Å². The largest absolute Gasteiger partial charge is 0.444 e. The molecule has 0 aliphatic carbocycles. The van der Waals surface area contributed by atoms with Crippen LogP contribution in [-0.2, 0) is 6.18 Å². The Bertz CT molecular complexity index is 1480. The van der Waals surface area contributed by atoms with Crippen molar-refractivity contribution < 1.29 is 27.5 Å². The van der Waals surface area contributed by atoms with Gasteiger partial charge in [-0.05, 0) is 30.3 Å². The van der Waals surface area contributed by atoms with Crippen molar-refractivity contribution in [1.29, 1.82) is 0 Å². The first kappa shape index (κ1) is 22.9. The minimum Gasteiger partial charge on any atom is -0.444 e. The number of hydrogen-bond donors (Lipinski definition) is 2. The molecule has 6 rings (SSSR count). The molecule has 1 saturated heterocycles. The molecule has 0 saturated carbocycles. The van der Waals surface area contributed by atoms with Crippen LogP contribution in [0.1, 0.15) is 5.56 Å². The topological polar surface area (TPSA) is 121 Å². The molecule has 2 amide bonds. The average molecular weight is 509 g/mol. The minimum atomic E-state index is -4.56. The number of nitrogens with zero attached hydrogens (tertiary/aromatic N) is 6. The number of pyridine rings is 3. The molecule has 2 aliphatic heterocycles. The first-order valence-corrected chi connectivity index (χ1v) is 11.2. The fraction of sp³-hybridized carbons (Fsp3) is 0.208. The van der Waals surface area contributed by atoms with Crippen molar-refractivity contribution in [2.75, 3.05) is 28.2 Å². The van der Waals surface area contributed by atoms with Crippen molar-refractivity contribution in [3.63, 3.8) is 0 Å². The number of fused-ring (bicyclic) bond motifs is 4. The molecule has 0 aromatic carbocycles. The number of carbonyl (C=O) groups excluding carboxylic acids is 1. The summed E-state index contributed by atoms with van der Waals surface area (Å²) < 4.78 is 45.0. The highest BCUT2D eigenvalue weighted by molar-refractivity contribution is 6.04. The molecule has 0 unspecified atom stereocenters. The van der Waals surface area contributed by atoms with Gasteiger partial charge in [0, 0.05) is 42.8 Å². The predicted molar refractivity (Wildman–Crippen MR) is 126 cm³/mol. The quantitative estimate of drug-likeness (QED) is 0.428. The Balaban J connectivity index is 1.36. The van der Waals surface area contributed by atoms with E-state index in [1.165, 1.54) is 29.9 Å². The van der Waals surface area contributed by atoms with Gasteiger partial charge in [0.1, 0.15) is 5.82 Å². The Morgan fingerprint density at radius 1 is 1.08 bits per heavy atom. The number of halogens is 3. The van der Waals surface area contributed by atoms with Crippen LogP contribution in [0.15, 0.2) is 65.9 Å². The second-order valence-electron chi connectivity index (χ2n) is 8.63. The molecule has 0 radical (unpaired) electrons. The number of rotatable bonds is 3. The summed E-state index contributed by atoms with van der Waals surface area (Å²) >= 11 is 0. The molecule has 2 aliphatic rings. The number of carbonyl (C=O) groups is 1. The highest BCUT2D eigenvalue weighted by atomic mass is 19.4. The number of hydrogen-bond acceptors (Lipinski definition) is 8. The molecule has 4 aromatic heterocycles. The number of urea groups is 1. The molecular formula is C24H18F3N7O3. The molecular weight excluding hydrogens is 491 g/mol. The maximum atomic E-state index is 13.5. The van der Waals surface area contributed by atoms with Crippen molar-refractivity contribution >= 4 is 23.4 Å². The zero-order valence-electron chi connectivity index (χ0n) is 18.9. The van der Waals surface area contributed by atoms with E-state index in [0.29, 0.717) is 23.6 Å². The molecule has 13 heteroatoms. The van der Waals surface area contributed by atoms with Gasteiger partial charge in [0.25, 0.3) is 0 Å². The van der Waals surface area contributed by atoms with Crippen LogP contribution < -0.4 is 15.1 Å². The zero-order chi connectivity index (χ0) is 25.7. The first-order chi connectivity index (χ1) is 17.8. The summed E-state index contributed by atoms with van der Waals surface area (Å²) in [6, 6.07) is 6.29. The van der Waals surface area contributed by atoms with Gasteiger partial charge in [-0.25, -0.2) is 19.7 Å². The van der Waals surface area contributed by atoms with Crippen LogP contribution in [0.5, 0.6) is 0 Å². The number of amides is 2. The molecule has 0 spiro atoms. The number of alkyl halides is 3. The van der Waals surface area contributed by atoms with Crippen LogP contribution in [0.25, 0.3) is 22.6 Å². The Labute approximate surface area is 207 Å². The summed E-state index contributed by atoms with van der Waals surface area (Å²) in [5, 5.41) is 13.4. The first-order valence-electron chi connectivity index (χ1n) is 11.2. The highest BCUT2D eigenvalue weighted by Gasteiger charge is 2.45. The maximum absolute atomic E-state index is 13.5. The second-order valence-corrected chi connectivity index (χ2v) is 8.63. The fourth-order valence-corrected chi connectivity index (χ4v) is 4.57. The fourth-order valence-electron chi connectivity index (χ4n) is 4.57. The number of aromatic nitrogens is 4. The third kappa shape index (κ3) is 4.12. The average Bonchev–Trinajstić information content (AvgIpc) is 3.53. The Morgan fingerprint density at radius 3 is 2.73 bits per heavy atom. The lowest BCUT2D eigenvalue weighted by Crippen LogP contribution is -2.51. The Hall–Kier alpha value is -4.52. The zero-order valence-corrected chi connectivity index (χ0v) is 18.9. The lowest BCUT2D eigenvalue weighted by molar-refractivity contribution is -0.137. The highest BCUT2D eigenvalue weighted by Crippen LogP contribution is 2.41. The van der Waals surface area contributed by atoms with Crippen LogP contribution in [0.3, 0.4) is 0 Å². The van der Waals surface area contributed by atoms with Gasteiger partial charge < -0.3 is 14.4 Å². The molecule has 4 aromatic rings. The lowest BCUT2D eigenvalue weighted by Gasteiger charge is -2.36. The van der Waals surface area contributed by atoms with Crippen LogP contribution in [0, 0.1) is 0 Å². The number of anilines is 3. The van der Waals surface area contributed by atoms with E-state index in [-0.39, 0.29) is 29.4 Å². The Kier molecular flexibility index (Phi) is 5.30. The SMILES string of the molecule is O=C(Nc1cc(-c2cnco2)ccn1)N1c2nc(-c3cncc(C(F)(F)F)c3)ccc2N2C[C@@H](O)[C@H]1C2. The van der Waals surface area contributed by atoms with E-state index in [4.69, 9.17) is 4.42 Å². The van der Waals surface area contributed by atoms with Crippen molar-refractivity contribution in [3.8, 4) is 22.6 Å². The van der Waals surface area contributed by atoms with Gasteiger partial charge in [-0.3, -0.25) is 15.2 Å². The van der Waals surface area contributed by atoms with E-state index in [2.05, 4.69) is 25.3 Å². The summed E-state index contributed by atoms with van der Waals surface area (Å²) in [4.78, 5) is 33.0. The van der Waals surface area contributed by atoms with E-state index in [0.717, 1.165) is 12.3 Å². The van der Waals surface area contributed by atoms with Crippen molar-refractivity contribution in [3.05, 3.63) is 67.1 Å². The summed E-state index contributed by atoms with van der Waals surface area (Å²) in [6.45, 7) is 0.659. The Morgan fingerprint density at radius 2 is 1.95 bits per heavy atom. The van der Waals surface area contributed by atoms with Crippen LogP contribution in [-0.4, -0.2) is 56.3 Å². The van der Waals surface area contributed by atoms with Gasteiger partial charge in [0.2, 0.25) is 0 Å². The number of oxazole rings is 1. The smallest absolute Gasteiger partial charge is 0.417 e. The molecule has 2 bridgehead atoms. The lowest BCUT2D eigenvalue weighted by atomic mass is 10.1. The number of nitrogens with one attached hydrogen (secondary N) is 1. The van der Waals surface area contributed by atoms with E-state index in [1.807, 2.05) is 4.90 Å². The monoisotopic (exact) mass is 509 g/mol. The van der Waals surface area contributed by atoms with Gasteiger partial charge >= 0.3 is 12.2 Å². The third-order valence-corrected chi connectivity index (χ3v) is 6.31. The van der Waals surface area contributed by atoms with Gasteiger partial charge in [0.15, 0.2) is 18.0 Å². The molecule has 2 atom stereocenters. The van der Waals surface area contributed by atoms with Gasteiger partial charge in [-0.2, -0.15) is 13.2 Å². The van der Waals surface area contributed by atoms with E-state index in [9.17, 15) is 23.1 Å². The van der Waals surface area contributed by atoms with Crippen LogP contribution >= 0.6 is 0 Å². The van der Waals surface area contributed by atoms with Crippen molar-refractivity contribution in [2.24, 2.45) is 0 Å². The van der Waals surface area contributed by atoms with Crippen molar-refractivity contribution in [2.45, 2.75) is 18.3 Å². The van der Waals surface area contributed by atoms with Gasteiger partial charge in [-0.15, -0.1) is 0 Å². The maximum Gasteiger partial charge on any atom is 0.417 e. The van der Waals surface area contributed by atoms with Crippen LogP contribution in [0.4, 0.5) is 35.3 Å². The molecule has 1 fully saturated rings. The number of aliphatic hydroxyl groups excluding tert-OH is 1.